The summed E-state index contributed by atoms with van der Waals surface area (Å²) >= 11 is 5.28. The fraction of sp³-hybridized carbons (Fsp3) is 0.588. The van der Waals surface area contributed by atoms with Crippen LogP contribution in [0.4, 0.5) is 0 Å². The molecular weight excluding hydrogens is 318 g/mol. The molecule has 1 aromatic carbocycles. The average molecular weight is 346 g/mol. The summed E-state index contributed by atoms with van der Waals surface area (Å²) in [5.41, 5.74) is 1.26. The zero-order chi connectivity index (χ0) is 15.5. The van der Waals surface area contributed by atoms with Crippen molar-refractivity contribution >= 4 is 29.7 Å². The second-order valence-electron chi connectivity index (χ2n) is 4.82. The molecule has 22 heavy (non-hydrogen) atoms. The van der Waals surface area contributed by atoms with Gasteiger partial charge < -0.3 is 14.4 Å². The zero-order valence-electron chi connectivity index (χ0n) is 13.8. The lowest BCUT2D eigenvalue weighted by atomic mass is 10.1. The molecule has 1 rings (SSSR count). The Morgan fingerprint density at radius 2 is 1.73 bits per heavy atom. The van der Waals surface area contributed by atoms with Gasteiger partial charge in [-0.25, -0.2) is 0 Å². The van der Waals surface area contributed by atoms with Crippen LogP contribution in [0.5, 0.6) is 5.75 Å². The van der Waals surface area contributed by atoms with E-state index in [2.05, 4.69) is 30.9 Å². The molecule has 0 saturated carbocycles. The third-order valence-electron chi connectivity index (χ3n) is 3.42. The van der Waals surface area contributed by atoms with Crippen LogP contribution in [0, 0.1) is 0 Å². The summed E-state index contributed by atoms with van der Waals surface area (Å²) in [6.07, 6.45) is 1.71. The molecule has 1 aromatic rings. The van der Waals surface area contributed by atoms with Crippen molar-refractivity contribution in [2.24, 2.45) is 0 Å². The number of benzene rings is 1. The van der Waals surface area contributed by atoms with Gasteiger partial charge in [0.2, 0.25) is 0 Å². The van der Waals surface area contributed by atoms with Crippen molar-refractivity contribution in [3.8, 4) is 5.75 Å². The highest BCUT2D eigenvalue weighted by Gasteiger charge is 2.03. The van der Waals surface area contributed by atoms with Crippen LogP contribution in [0.3, 0.4) is 0 Å². The van der Waals surface area contributed by atoms with Gasteiger partial charge in [0.25, 0.3) is 0 Å². The van der Waals surface area contributed by atoms with Crippen molar-refractivity contribution < 1.29 is 9.47 Å². The van der Waals surface area contributed by atoms with Crippen LogP contribution in [0.15, 0.2) is 24.3 Å². The molecule has 0 radical (unpaired) electrons. The summed E-state index contributed by atoms with van der Waals surface area (Å²) in [7, 11) is 0. The van der Waals surface area contributed by atoms with E-state index in [1.165, 1.54) is 5.56 Å². The highest BCUT2D eigenvalue weighted by molar-refractivity contribution is 7.80. The molecule has 3 nitrogen and oxygen atoms in total. The maximum atomic E-state index is 5.63. The van der Waals surface area contributed by atoms with Gasteiger partial charge in [-0.2, -0.15) is 0 Å². The van der Waals surface area contributed by atoms with E-state index in [0.29, 0.717) is 18.3 Å². The summed E-state index contributed by atoms with van der Waals surface area (Å²) in [6, 6.07) is 8.18. The van der Waals surface area contributed by atoms with Crippen LogP contribution < -0.4 is 4.74 Å². The number of nitrogens with zero attached hydrogens (tertiary/aromatic N) is 1. The highest BCUT2D eigenvalue weighted by atomic mass is 35.5. The van der Waals surface area contributed by atoms with Crippen LogP contribution >= 0.6 is 24.6 Å². The molecule has 0 heterocycles. The Bertz CT molecular complexity index is 408. The quantitative estimate of drug-likeness (QED) is 0.594. The van der Waals surface area contributed by atoms with Gasteiger partial charge in [-0.3, -0.25) is 0 Å². The molecule has 0 unspecified atom stereocenters. The first kappa shape index (κ1) is 21.2. The highest BCUT2D eigenvalue weighted by Crippen LogP contribution is 2.13. The van der Waals surface area contributed by atoms with E-state index in [9.17, 15) is 0 Å². The van der Waals surface area contributed by atoms with Gasteiger partial charge in [0.1, 0.15) is 12.4 Å². The lowest BCUT2D eigenvalue weighted by molar-refractivity contribution is 0.215. The standard InChI is InChI=1S/C17H27NO2S.ClH/c1-4-18(5-2)13-14-20-17(21)12-9-15-7-10-16(11-8-15)19-6-3;/h7-8,10-11H,4-6,9,12-14H2,1-3H3;1H. The van der Waals surface area contributed by atoms with E-state index in [-0.39, 0.29) is 12.4 Å². The van der Waals surface area contributed by atoms with E-state index < -0.39 is 0 Å². The third kappa shape index (κ3) is 8.57. The van der Waals surface area contributed by atoms with Gasteiger partial charge in [-0.05, 0) is 56.3 Å². The minimum Gasteiger partial charge on any atom is -0.494 e. The third-order valence-corrected chi connectivity index (χ3v) is 3.74. The van der Waals surface area contributed by atoms with Crippen LogP contribution in [-0.2, 0) is 11.2 Å². The Kier molecular flexibility index (Phi) is 12.2. The SMILES string of the molecule is CCOc1ccc(CCC(=S)OCCN(CC)CC)cc1.Cl. The van der Waals surface area contributed by atoms with Crippen LogP contribution in [0.25, 0.3) is 0 Å². The van der Waals surface area contributed by atoms with Crippen LogP contribution in [-0.4, -0.2) is 42.8 Å². The monoisotopic (exact) mass is 345 g/mol. The summed E-state index contributed by atoms with van der Waals surface area (Å²) < 4.78 is 11.1. The fourth-order valence-corrected chi connectivity index (χ4v) is 2.25. The predicted octanol–water partition coefficient (Wildman–Crippen LogP) is 4.13. The molecular formula is C17H28ClNO2S. The molecule has 0 amide bonds. The Balaban J connectivity index is 0.00000441. The van der Waals surface area contributed by atoms with Gasteiger partial charge >= 0.3 is 0 Å². The van der Waals surface area contributed by atoms with Gasteiger partial charge in [0.05, 0.1) is 6.61 Å². The molecule has 0 aliphatic rings. The first-order valence-corrected chi connectivity index (χ1v) is 8.20. The molecule has 5 heteroatoms. The molecule has 0 saturated heterocycles. The average Bonchev–Trinajstić information content (AvgIpc) is 2.51. The lowest BCUT2D eigenvalue weighted by Crippen LogP contribution is -2.27. The number of thiocarbonyl (C=S) groups is 1. The molecule has 0 aliphatic heterocycles. The molecule has 0 aromatic heterocycles. The Labute approximate surface area is 146 Å². The normalized spacial score (nSPS) is 10.2. The van der Waals surface area contributed by atoms with Crippen molar-refractivity contribution in [1.29, 1.82) is 0 Å². The first-order chi connectivity index (χ1) is 10.2. The summed E-state index contributed by atoms with van der Waals surface area (Å²) in [4.78, 5) is 2.33. The van der Waals surface area contributed by atoms with Crippen LogP contribution in [0.2, 0.25) is 0 Å². The molecule has 0 aliphatic carbocycles. The van der Waals surface area contributed by atoms with Crippen LogP contribution in [0.1, 0.15) is 32.8 Å². The number of halogens is 1. The number of ether oxygens (including phenoxy) is 2. The van der Waals surface area contributed by atoms with Gasteiger partial charge in [-0.15, -0.1) is 12.4 Å². The maximum Gasteiger partial charge on any atom is 0.160 e. The van der Waals surface area contributed by atoms with E-state index >= 15 is 0 Å². The molecule has 0 N–H and O–H groups in total. The van der Waals surface area contributed by atoms with Gasteiger partial charge in [0.15, 0.2) is 5.05 Å². The Hall–Kier alpha value is -0.840. The van der Waals surface area contributed by atoms with Crippen molar-refractivity contribution in [1.82, 2.24) is 4.90 Å². The second-order valence-corrected chi connectivity index (χ2v) is 5.28. The molecule has 126 valence electrons. The first-order valence-electron chi connectivity index (χ1n) is 7.79. The summed E-state index contributed by atoms with van der Waals surface area (Å²) in [5, 5.41) is 0.705. The van der Waals surface area contributed by atoms with Gasteiger partial charge in [0, 0.05) is 13.0 Å². The predicted molar refractivity (Wildman–Crippen MR) is 99.5 cm³/mol. The second kappa shape index (κ2) is 12.7. The van der Waals surface area contributed by atoms with E-state index in [4.69, 9.17) is 21.7 Å². The zero-order valence-corrected chi connectivity index (χ0v) is 15.5. The van der Waals surface area contributed by atoms with Gasteiger partial charge in [-0.1, -0.05) is 26.0 Å². The van der Waals surface area contributed by atoms with Crippen molar-refractivity contribution in [3.05, 3.63) is 29.8 Å². The summed E-state index contributed by atoms with van der Waals surface area (Å²) in [6.45, 7) is 10.7. The van der Waals surface area contributed by atoms with Crippen molar-refractivity contribution in [2.45, 2.75) is 33.6 Å². The van der Waals surface area contributed by atoms with E-state index in [1.807, 2.05) is 19.1 Å². The maximum absolute atomic E-state index is 5.63. The largest absolute Gasteiger partial charge is 0.494 e. The molecule has 0 spiro atoms. The number of aryl methyl sites for hydroxylation is 1. The Morgan fingerprint density at radius 3 is 2.27 bits per heavy atom. The Morgan fingerprint density at radius 1 is 1.09 bits per heavy atom. The fourth-order valence-electron chi connectivity index (χ4n) is 2.07. The van der Waals surface area contributed by atoms with E-state index in [1.54, 1.807) is 0 Å². The number of hydrogen-bond donors (Lipinski definition) is 0. The topological polar surface area (TPSA) is 21.7 Å². The number of rotatable bonds is 10. The number of hydrogen-bond acceptors (Lipinski definition) is 4. The molecule has 0 atom stereocenters. The number of likely N-dealkylation sites (N-methyl/N-ethyl adjacent to an activating group) is 1. The smallest absolute Gasteiger partial charge is 0.160 e. The molecule has 0 bridgehead atoms. The van der Waals surface area contributed by atoms with Crippen molar-refractivity contribution in [2.75, 3.05) is 32.8 Å². The minimum absolute atomic E-state index is 0. The lowest BCUT2D eigenvalue weighted by Gasteiger charge is -2.18. The van der Waals surface area contributed by atoms with Crippen molar-refractivity contribution in [3.63, 3.8) is 0 Å². The summed E-state index contributed by atoms with van der Waals surface area (Å²) in [5.74, 6) is 0.916. The molecule has 0 fully saturated rings. The van der Waals surface area contributed by atoms with E-state index in [0.717, 1.165) is 38.2 Å². The minimum atomic E-state index is 0.